The molecule has 0 saturated carbocycles. The molecule has 134 valence electrons. The molecule has 0 bridgehead atoms. The Balaban J connectivity index is 1.51. The number of carbonyl (C=O) groups is 3. The summed E-state index contributed by atoms with van der Waals surface area (Å²) in [5, 5.41) is 9.01. The summed E-state index contributed by atoms with van der Waals surface area (Å²) in [5.74, 6) is -0.359. The van der Waals surface area contributed by atoms with Crippen LogP contribution in [-0.4, -0.2) is 72.0 Å². The van der Waals surface area contributed by atoms with Gasteiger partial charge in [-0.05, 0) is 32.1 Å². The topological polar surface area (TPSA) is 96.4 Å². The molecule has 3 fully saturated rings. The molecule has 3 aliphatic heterocycles. The SMILES string of the molecule is O=C(O)N1CCC2(CC1)CC(=O)N(CCOC1CCCCO1)C2=O. The molecule has 0 radical (unpaired) electrons. The number of rotatable bonds is 4. The molecule has 1 unspecified atom stereocenters. The summed E-state index contributed by atoms with van der Waals surface area (Å²) in [6, 6.07) is 0. The number of hydrogen-bond donors (Lipinski definition) is 1. The highest BCUT2D eigenvalue weighted by atomic mass is 16.7. The van der Waals surface area contributed by atoms with Crippen LogP contribution in [0.15, 0.2) is 0 Å². The molecule has 1 N–H and O–H groups in total. The first-order valence-corrected chi connectivity index (χ1v) is 8.58. The quantitative estimate of drug-likeness (QED) is 0.769. The smallest absolute Gasteiger partial charge is 0.407 e. The summed E-state index contributed by atoms with van der Waals surface area (Å²) in [6.07, 6.45) is 2.74. The van der Waals surface area contributed by atoms with Gasteiger partial charge < -0.3 is 19.5 Å². The van der Waals surface area contributed by atoms with Gasteiger partial charge in [0.05, 0.1) is 18.6 Å². The second kappa shape index (κ2) is 7.06. The first-order valence-electron chi connectivity index (χ1n) is 8.58. The second-order valence-electron chi connectivity index (χ2n) is 6.74. The van der Waals surface area contributed by atoms with Crippen LogP contribution in [0.5, 0.6) is 0 Å². The van der Waals surface area contributed by atoms with Crippen molar-refractivity contribution in [1.82, 2.24) is 9.80 Å². The number of likely N-dealkylation sites (tertiary alicyclic amines) is 2. The monoisotopic (exact) mass is 340 g/mol. The predicted octanol–water partition coefficient (Wildman–Crippen LogP) is 1.05. The van der Waals surface area contributed by atoms with E-state index in [0.29, 0.717) is 32.5 Å². The number of imide groups is 1. The van der Waals surface area contributed by atoms with Gasteiger partial charge in [0.1, 0.15) is 0 Å². The highest BCUT2D eigenvalue weighted by molar-refractivity contribution is 6.06. The third-order valence-corrected chi connectivity index (χ3v) is 5.24. The average molecular weight is 340 g/mol. The van der Waals surface area contributed by atoms with Crippen molar-refractivity contribution in [2.75, 3.05) is 32.8 Å². The first kappa shape index (κ1) is 17.2. The van der Waals surface area contributed by atoms with E-state index < -0.39 is 11.5 Å². The number of amides is 3. The number of ether oxygens (including phenoxy) is 2. The Hall–Kier alpha value is -1.67. The lowest BCUT2D eigenvalue weighted by atomic mass is 9.77. The molecule has 8 nitrogen and oxygen atoms in total. The van der Waals surface area contributed by atoms with Crippen LogP contribution in [0, 0.1) is 5.41 Å². The molecule has 8 heteroatoms. The standard InChI is InChI=1S/C16H24N2O6/c19-12-11-16(4-6-17(7-5-16)15(21)22)14(20)18(12)8-10-24-13-3-1-2-9-23-13/h13H,1-11H2,(H,21,22). The Morgan fingerprint density at radius 3 is 2.67 bits per heavy atom. The molecule has 3 amide bonds. The van der Waals surface area contributed by atoms with Crippen molar-refractivity contribution in [2.24, 2.45) is 5.41 Å². The summed E-state index contributed by atoms with van der Waals surface area (Å²) in [7, 11) is 0. The van der Waals surface area contributed by atoms with E-state index >= 15 is 0 Å². The van der Waals surface area contributed by atoms with Crippen molar-refractivity contribution in [3.63, 3.8) is 0 Å². The zero-order valence-electron chi connectivity index (χ0n) is 13.7. The highest BCUT2D eigenvalue weighted by Gasteiger charge is 2.52. The Labute approximate surface area is 140 Å². The Morgan fingerprint density at radius 2 is 2.04 bits per heavy atom. The molecule has 0 aromatic carbocycles. The third kappa shape index (κ3) is 3.39. The number of hydrogen-bond acceptors (Lipinski definition) is 5. The van der Waals surface area contributed by atoms with Crippen LogP contribution in [0.25, 0.3) is 0 Å². The second-order valence-corrected chi connectivity index (χ2v) is 6.74. The summed E-state index contributed by atoms with van der Waals surface area (Å²) in [5.41, 5.74) is -0.718. The van der Waals surface area contributed by atoms with E-state index in [9.17, 15) is 14.4 Å². The molecule has 0 aliphatic carbocycles. The summed E-state index contributed by atoms with van der Waals surface area (Å²) >= 11 is 0. The van der Waals surface area contributed by atoms with Gasteiger partial charge in [0.15, 0.2) is 6.29 Å². The fraction of sp³-hybridized carbons (Fsp3) is 0.812. The molecular formula is C16H24N2O6. The maximum atomic E-state index is 12.7. The maximum absolute atomic E-state index is 12.7. The minimum atomic E-state index is -0.973. The fourth-order valence-electron chi connectivity index (χ4n) is 3.72. The van der Waals surface area contributed by atoms with Gasteiger partial charge in [-0.25, -0.2) is 4.79 Å². The minimum Gasteiger partial charge on any atom is -0.465 e. The Morgan fingerprint density at radius 1 is 1.29 bits per heavy atom. The molecule has 3 saturated heterocycles. The fourth-order valence-corrected chi connectivity index (χ4v) is 3.72. The molecule has 3 aliphatic rings. The van der Waals surface area contributed by atoms with E-state index in [1.54, 1.807) is 0 Å². The number of carbonyl (C=O) groups excluding carboxylic acids is 2. The van der Waals surface area contributed by atoms with E-state index in [4.69, 9.17) is 14.6 Å². The first-order chi connectivity index (χ1) is 11.5. The largest absolute Gasteiger partial charge is 0.465 e. The van der Waals surface area contributed by atoms with E-state index in [2.05, 4.69) is 0 Å². The number of piperidine rings is 1. The molecule has 3 heterocycles. The van der Waals surface area contributed by atoms with Crippen LogP contribution in [-0.2, 0) is 19.1 Å². The van der Waals surface area contributed by atoms with Gasteiger partial charge in [-0.3, -0.25) is 14.5 Å². The van der Waals surface area contributed by atoms with Gasteiger partial charge in [0, 0.05) is 26.1 Å². The average Bonchev–Trinajstić information content (AvgIpc) is 2.80. The molecule has 24 heavy (non-hydrogen) atoms. The summed E-state index contributed by atoms with van der Waals surface area (Å²) in [4.78, 5) is 38.5. The van der Waals surface area contributed by atoms with Gasteiger partial charge >= 0.3 is 6.09 Å². The molecule has 3 rings (SSSR count). The van der Waals surface area contributed by atoms with Crippen LogP contribution in [0.2, 0.25) is 0 Å². The maximum Gasteiger partial charge on any atom is 0.407 e. The van der Waals surface area contributed by atoms with Crippen LogP contribution < -0.4 is 0 Å². The normalized spacial score (nSPS) is 27.1. The van der Waals surface area contributed by atoms with Crippen LogP contribution in [0.1, 0.15) is 38.5 Å². The lowest BCUT2D eigenvalue weighted by molar-refractivity contribution is -0.167. The molecule has 0 aromatic rings. The minimum absolute atomic E-state index is 0.175. The molecule has 1 spiro atoms. The van der Waals surface area contributed by atoms with Gasteiger partial charge in [-0.1, -0.05) is 0 Å². The highest BCUT2D eigenvalue weighted by Crippen LogP contribution is 2.42. The van der Waals surface area contributed by atoms with E-state index in [1.165, 1.54) is 9.80 Å². The van der Waals surface area contributed by atoms with E-state index in [1.807, 2.05) is 0 Å². The van der Waals surface area contributed by atoms with Crippen LogP contribution in [0.4, 0.5) is 4.79 Å². The van der Waals surface area contributed by atoms with Crippen molar-refractivity contribution in [2.45, 2.75) is 44.8 Å². The molecule has 1 atom stereocenters. The lowest BCUT2D eigenvalue weighted by Gasteiger charge is -2.36. The van der Waals surface area contributed by atoms with Crippen molar-refractivity contribution in [1.29, 1.82) is 0 Å². The third-order valence-electron chi connectivity index (χ3n) is 5.24. The predicted molar refractivity (Wildman–Crippen MR) is 82.1 cm³/mol. The van der Waals surface area contributed by atoms with Gasteiger partial charge in [0.25, 0.3) is 0 Å². The van der Waals surface area contributed by atoms with Crippen molar-refractivity contribution < 1.29 is 29.0 Å². The van der Waals surface area contributed by atoms with Gasteiger partial charge in [0.2, 0.25) is 11.8 Å². The zero-order chi connectivity index (χ0) is 17.2. The lowest BCUT2D eigenvalue weighted by Crippen LogP contribution is -2.46. The van der Waals surface area contributed by atoms with Crippen molar-refractivity contribution in [3.05, 3.63) is 0 Å². The van der Waals surface area contributed by atoms with Crippen molar-refractivity contribution in [3.8, 4) is 0 Å². The molecular weight excluding hydrogens is 316 g/mol. The van der Waals surface area contributed by atoms with Gasteiger partial charge in [-0.15, -0.1) is 0 Å². The Kier molecular flexibility index (Phi) is 5.05. The molecule has 0 aromatic heterocycles. The number of carboxylic acid groups (broad SMARTS) is 1. The van der Waals surface area contributed by atoms with E-state index in [-0.39, 0.29) is 37.7 Å². The summed E-state index contributed by atoms with van der Waals surface area (Å²) < 4.78 is 11.1. The number of nitrogens with zero attached hydrogens (tertiary/aromatic N) is 2. The van der Waals surface area contributed by atoms with Crippen molar-refractivity contribution >= 4 is 17.9 Å². The van der Waals surface area contributed by atoms with Crippen LogP contribution in [0.3, 0.4) is 0 Å². The summed E-state index contributed by atoms with van der Waals surface area (Å²) in [6.45, 7) is 1.81. The zero-order valence-corrected chi connectivity index (χ0v) is 13.7. The van der Waals surface area contributed by atoms with E-state index in [0.717, 1.165) is 19.3 Å². The van der Waals surface area contributed by atoms with Crippen LogP contribution >= 0.6 is 0 Å². The van der Waals surface area contributed by atoms with Gasteiger partial charge in [-0.2, -0.15) is 0 Å². The Bertz CT molecular complexity index is 509.